The number of nitrogens with two attached hydrogens (primary N) is 1. The highest BCUT2D eigenvalue weighted by atomic mass is 19.4. The van der Waals surface area contributed by atoms with Crippen LogP contribution in [-0.2, 0) is 6.18 Å². The number of likely N-dealkylation sites (N-methyl/N-ethyl adjacent to an activating group) is 1. The van der Waals surface area contributed by atoms with Gasteiger partial charge in [0.1, 0.15) is 5.69 Å². The molecule has 0 saturated heterocycles. The first-order valence-electron chi connectivity index (χ1n) is 5.84. The summed E-state index contributed by atoms with van der Waals surface area (Å²) in [7, 11) is 0. The van der Waals surface area contributed by atoms with Gasteiger partial charge in [-0.2, -0.15) is 13.2 Å². The van der Waals surface area contributed by atoms with E-state index < -0.39 is 17.5 Å². The van der Waals surface area contributed by atoms with E-state index in [4.69, 9.17) is 5.73 Å². The molecule has 0 aliphatic rings. The SMILES string of the molecule is CCN(CC(C)(C)O)c1cc(C(F)(F)F)ncc1N. The second-order valence-corrected chi connectivity index (χ2v) is 4.95. The van der Waals surface area contributed by atoms with Gasteiger partial charge in [0.2, 0.25) is 0 Å². The molecule has 0 spiro atoms. The van der Waals surface area contributed by atoms with Crippen molar-refractivity contribution in [1.82, 2.24) is 4.98 Å². The number of aliphatic hydroxyl groups is 1. The van der Waals surface area contributed by atoms with Crippen LogP contribution in [-0.4, -0.2) is 28.8 Å². The number of halogens is 3. The molecule has 0 aromatic carbocycles. The van der Waals surface area contributed by atoms with Gasteiger partial charge < -0.3 is 15.7 Å². The molecular weight excluding hydrogens is 259 g/mol. The lowest BCUT2D eigenvalue weighted by atomic mass is 10.1. The first-order chi connectivity index (χ1) is 8.54. The Labute approximate surface area is 110 Å². The summed E-state index contributed by atoms with van der Waals surface area (Å²) in [5.41, 5.74) is 4.02. The van der Waals surface area contributed by atoms with Gasteiger partial charge in [0.15, 0.2) is 0 Å². The zero-order valence-corrected chi connectivity index (χ0v) is 11.1. The molecule has 0 unspecified atom stereocenters. The van der Waals surface area contributed by atoms with Crippen LogP contribution in [0.15, 0.2) is 12.3 Å². The molecule has 4 nitrogen and oxygen atoms in total. The van der Waals surface area contributed by atoms with E-state index in [1.54, 1.807) is 25.7 Å². The minimum Gasteiger partial charge on any atom is -0.396 e. The Morgan fingerprint density at radius 2 is 1.95 bits per heavy atom. The highest BCUT2D eigenvalue weighted by Gasteiger charge is 2.33. The normalized spacial score (nSPS) is 12.6. The lowest BCUT2D eigenvalue weighted by Gasteiger charge is -2.31. The molecule has 1 rings (SSSR count). The van der Waals surface area contributed by atoms with Crippen molar-refractivity contribution < 1.29 is 18.3 Å². The molecule has 0 bridgehead atoms. The number of nitrogens with zero attached hydrogens (tertiary/aromatic N) is 2. The molecule has 1 heterocycles. The third kappa shape index (κ3) is 4.27. The van der Waals surface area contributed by atoms with Crippen molar-refractivity contribution in [3.63, 3.8) is 0 Å². The fourth-order valence-corrected chi connectivity index (χ4v) is 1.72. The molecule has 19 heavy (non-hydrogen) atoms. The van der Waals surface area contributed by atoms with E-state index >= 15 is 0 Å². The summed E-state index contributed by atoms with van der Waals surface area (Å²) >= 11 is 0. The van der Waals surface area contributed by atoms with Crippen LogP contribution in [0.4, 0.5) is 24.5 Å². The Morgan fingerprint density at radius 3 is 2.37 bits per heavy atom. The third-order valence-electron chi connectivity index (χ3n) is 2.50. The fraction of sp³-hybridized carbons (Fsp3) is 0.583. The molecule has 0 aliphatic carbocycles. The van der Waals surface area contributed by atoms with Crippen LogP contribution in [0, 0.1) is 0 Å². The Balaban J connectivity index is 3.16. The van der Waals surface area contributed by atoms with Crippen LogP contribution >= 0.6 is 0 Å². The number of rotatable bonds is 4. The van der Waals surface area contributed by atoms with Gasteiger partial charge in [-0.05, 0) is 26.8 Å². The van der Waals surface area contributed by atoms with Crippen molar-refractivity contribution in [3.05, 3.63) is 18.0 Å². The molecule has 108 valence electrons. The maximum absolute atomic E-state index is 12.6. The molecule has 0 aliphatic heterocycles. The number of nitrogen functional groups attached to an aromatic ring is 1. The number of alkyl halides is 3. The number of anilines is 2. The Hall–Kier alpha value is -1.50. The number of hydrogen-bond donors (Lipinski definition) is 2. The van der Waals surface area contributed by atoms with Crippen LogP contribution < -0.4 is 10.6 Å². The Bertz CT molecular complexity index is 441. The number of aromatic nitrogens is 1. The largest absolute Gasteiger partial charge is 0.433 e. The summed E-state index contributed by atoms with van der Waals surface area (Å²) in [6.45, 7) is 5.54. The van der Waals surface area contributed by atoms with Gasteiger partial charge in [0.25, 0.3) is 0 Å². The molecule has 0 radical (unpaired) electrons. The number of hydrogen-bond acceptors (Lipinski definition) is 4. The average molecular weight is 277 g/mol. The summed E-state index contributed by atoms with van der Waals surface area (Å²) < 4.78 is 37.9. The Kier molecular flexibility index (Phi) is 4.29. The van der Waals surface area contributed by atoms with Gasteiger partial charge in [-0.1, -0.05) is 0 Å². The smallest absolute Gasteiger partial charge is 0.396 e. The van der Waals surface area contributed by atoms with Gasteiger partial charge in [0.05, 0.1) is 23.2 Å². The summed E-state index contributed by atoms with van der Waals surface area (Å²) in [5, 5.41) is 9.78. The summed E-state index contributed by atoms with van der Waals surface area (Å²) in [6, 6.07) is 0.907. The first-order valence-corrected chi connectivity index (χ1v) is 5.84. The lowest BCUT2D eigenvalue weighted by Crippen LogP contribution is -2.39. The van der Waals surface area contributed by atoms with Crippen molar-refractivity contribution in [2.75, 3.05) is 23.7 Å². The summed E-state index contributed by atoms with van der Waals surface area (Å²) in [4.78, 5) is 4.87. The molecule has 1 aromatic rings. The zero-order chi connectivity index (χ0) is 14.8. The maximum atomic E-state index is 12.6. The highest BCUT2D eigenvalue weighted by molar-refractivity contribution is 5.67. The quantitative estimate of drug-likeness (QED) is 0.886. The van der Waals surface area contributed by atoms with Crippen molar-refractivity contribution in [1.29, 1.82) is 0 Å². The maximum Gasteiger partial charge on any atom is 0.433 e. The van der Waals surface area contributed by atoms with E-state index in [-0.39, 0.29) is 17.9 Å². The Morgan fingerprint density at radius 1 is 1.37 bits per heavy atom. The lowest BCUT2D eigenvalue weighted by molar-refractivity contribution is -0.141. The van der Waals surface area contributed by atoms with Crippen LogP contribution in [0.5, 0.6) is 0 Å². The standard InChI is InChI=1S/C12H18F3N3O/c1-4-18(7-11(2,3)19)9-5-10(12(13,14)15)17-6-8(9)16/h5-6,19H,4,7,16H2,1-3H3. The molecular formula is C12H18F3N3O. The molecule has 0 fully saturated rings. The fourth-order valence-electron chi connectivity index (χ4n) is 1.72. The van der Waals surface area contributed by atoms with E-state index in [0.717, 1.165) is 12.3 Å². The van der Waals surface area contributed by atoms with Crippen LogP contribution in [0.1, 0.15) is 26.5 Å². The van der Waals surface area contributed by atoms with Gasteiger partial charge in [-0.15, -0.1) is 0 Å². The predicted molar refractivity (Wildman–Crippen MR) is 67.8 cm³/mol. The van der Waals surface area contributed by atoms with E-state index in [1.807, 2.05) is 0 Å². The first kappa shape index (κ1) is 15.6. The predicted octanol–water partition coefficient (Wildman–Crippen LogP) is 2.28. The van der Waals surface area contributed by atoms with Gasteiger partial charge in [0, 0.05) is 13.1 Å². The highest BCUT2D eigenvalue weighted by Crippen LogP contribution is 2.33. The number of pyridine rings is 1. The van der Waals surface area contributed by atoms with Crippen LogP contribution in [0.2, 0.25) is 0 Å². The topological polar surface area (TPSA) is 62.4 Å². The van der Waals surface area contributed by atoms with E-state index in [0.29, 0.717) is 6.54 Å². The average Bonchev–Trinajstić information content (AvgIpc) is 2.24. The van der Waals surface area contributed by atoms with Crippen molar-refractivity contribution >= 4 is 11.4 Å². The zero-order valence-electron chi connectivity index (χ0n) is 11.1. The van der Waals surface area contributed by atoms with Gasteiger partial charge in [-0.3, -0.25) is 0 Å². The van der Waals surface area contributed by atoms with Gasteiger partial charge >= 0.3 is 6.18 Å². The van der Waals surface area contributed by atoms with Crippen LogP contribution in [0.25, 0.3) is 0 Å². The van der Waals surface area contributed by atoms with Crippen LogP contribution in [0.3, 0.4) is 0 Å². The van der Waals surface area contributed by atoms with Crippen molar-refractivity contribution in [2.24, 2.45) is 0 Å². The minimum atomic E-state index is -4.52. The molecule has 0 saturated carbocycles. The van der Waals surface area contributed by atoms with Crippen molar-refractivity contribution in [2.45, 2.75) is 32.5 Å². The molecule has 3 N–H and O–H groups in total. The van der Waals surface area contributed by atoms with Gasteiger partial charge in [-0.25, -0.2) is 4.98 Å². The monoisotopic (exact) mass is 277 g/mol. The van der Waals surface area contributed by atoms with Crippen molar-refractivity contribution in [3.8, 4) is 0 Å². The molecule has 0 atom stereocenters. The second-order valence-electron chi connectivity index (χ2n) is 4.95. The van der Waals surface area contributed by atoms with E-state index in [9.17, 15) is 18.3 Å². The summed E-state index contributed by atoms with van der Waals surface area (Å²) in [5.74, 6) is 0. The molecule has 1 aromatic heterocycles. The minimum absolute atomic E-state index is 0.152. The molecule has 7 heteroatoms. The third-order valence-corrected chi connectivity index (χ3v) is 2.50. The van der Waals surface area contributed by atoms with E-state index in [2.05, 4.69) is 4.98 Å². The molecule has 0 amide bonds. The summed E-state index contributed by atoms with van der Waals surface area (Å²) in [6.07, 6.45) is -3.53. The second kappa shape index (κ2) is 5.24. The van der Waals surface area contributed by atoms with E-state index in [1.165, 1.54) is 0 Å².